The minimum Gasteiger partial charge on any atom is -0.341 e. The average Bonchev–Trinajstić information content (AvgIpc) is 2.37. The first kappa shape index (κ1) is 14.8. The van der Waals surface area contributed by atoms with Crippen molar-refractivity contribution in [1.29, 1.82) is 5.26 Å². The molecular weight excluding hydrogens is 250 g/mol. The molecule has 1 aromatic rings. The number of nitrogens with zero attached hydrogens (tertiary/aromatic N) is 2. The van der Waals surface area contributed by atoms with Gasteiger partial charge in [0.2, 0.25) is 5.91 Å². The number of amides is 1. The highest BCUT2D eigenvalue weighted by atomic mass is 19.1. The number of benzene rings is 1. The Kier molecular flexibility index (Phi) is 5.19. The smallest absolute Gasteiger partial charge is 0.246 e. The summed E-state index contributed by atoms with van der Waals surface area (Å²) in [7, 11) is 1.53. The normalized spacial score (nSPS) is 12.2. The molecule has 0 N–H and O–H groups in total. The molecular formula is C14H14F2N2O. The monoisotopic (exact) mass is 264 g/mol. The molecule has 0 bridgehead atoms. The van der Waals surface area contributed by atoms with Crippen LogP contribution >= 0.6 is 0 Å². The molecule has 0 spiro atoms. The van der Waals surface area contributed by atoms with Gasteiger partial charge >= 0.3 is 0 Å². The molecule has 19 heavy (non-hydrogen) atoms. The molecule has 0 radical (unpaired) electrons. The molecule has 0 heterocycles. The summed E-state index contributed by atoms with van der Waals surface area (Å²) >= 11 is 0. The molecule has 1 aromatic carbocycles. The zero-order valence-corrected chi connectivity index (χ0v) is 10.7. The molecule has 0 fully saturated rings. The first-order valence-corrected chi connectivity index (χ1v) is 5.72. The summed E-state index contributed by atoms with van der Waals surface area (Å²) in [6.07, 6.45) is 2.19. The molecule has 5 heteroatoms. The zero-order chi connectivity index (χ0) is 14.4. The Balaban J connectivity index is 2.77. The highest BCUT2D eigenvalue weighted by Gasteiger charge is 2.10. The lowest BCUT2D eigenvalue weighted by atomic mass is 10.1. The molecule has 0 aliphatic heterocycles. The van der Waals surface area contributed by atoms with Crippen LogP contribution < -0.4 is 0 Å². The Hall–Kier alpha value is -2.22. The van der Waals surface area contributed by atoms with Gasteiger partial charge in [-0.2, -0.15) is 5.26 Å². The molecule has 0 aliphatic rings. The van der Waals surface area contributed by atoms with Crippen molar-refractivity contribution in [2.24, 2.45) is 5.92 Å². The number of halogens is 2. The predicted molar refractivity (Wildman–Crippen MR) is 67.8 cm³/mol. The highest BCUT2D eigenvalue weighted by Crippen LogP contribution is 2.13. The van der Waals surface area contributed by atoms with Gasteiger partial charge in [0.1, 0.15) is 11.6 Å². The number of nitriles is 1. The Labute approximate surface area is 110 Å². The topological polar surface area (TPSA) is 44.1 Å². The first-order chi connectivity index (χ1) is 8.95. The Morgan fingerprint density at radius 3 is 2.58 bits per heavy atom. The molecule has 0 unspecified atom stereocenters. The maximum atomic E-state index is 13.3. The average molecular weight is 264 g/mol. The van der Waals surface area contributed by atoms with E-state index >= 15 is 0 Å². The molecule has 1 amide bonds. The summed E-state index contributed by atoms with van der Waals surface area (Å²) in [5.41, 5.74) is -0.252. The summed E-state index contributed by atoms with van der Waals surface area (Å²) in [5, 5.41) is 8.64. The van der Waals surface area contributed by atoms with E-state index < -0.39 is 17.5 Å². The lowest BCUT2D eigenvalue weighted by molar-refractivity contribution is -0.125. The van der Waals surface area contributed by atoms with Crippen molar-refractivity contribution in [1.82, 2.24) is 4.90 Å². The van der Waals surface area contributed by atoms with Crippen molar-refractivity contribution in [3.63, 3.8) is 0 Å². The van der Waals surface area contributed by atoms with Gasteiger partial charge in [-0.1, -0.05) is 6.07 Å². The van der Waals surface area contributed by atoms with Crippen LogP contribution in [0.3, 0.4) is 0 Å². The van der Waals surface area contributed by atoms with Gasteiger partial charge in [-0.3, -0.25) is 4.79 Å². The van der Waals surface area contributed by atoms with Gasteiger partial charge in [-0.15, -0.1) is 0 Å². The van der Waals surface area contributed by atoms with Crippen molar-refractivity contribution in [2.75, 3.05) is 13.6 Å². The van der Waals surface area contributed by atoms with Crippen LogP contribution in [0, 0.1) is 28.9 Å². The maximum absolute atomic E-state index is 13.3. The predicted octanol–water partition coefficient (Wildman–Crippen LogP) is 2.60. The van der Waals surface area contributed by atoms with E-state index in [0.717, 1.165) is 24.3 Å². The SMILES string of the molecule is C[C@H](C#N)CN(C)C(=O)/C=C/c1c(F)cccc1F. The number of carbonyl (C=O) groups excluding carboxylic acids is 1. The molecule has 1 rings (SSSR count). The van der Waals surface area contributed by atoms with Crippen LogP contribution in [0.4, 0.5) is 8.78 Å². The van der Waals surface area contributed by atoms with E-state index in [0.29, 0.717) is 0 Å². The second-order valence-corrected chi connectivity index (χ2v) is 4.22. The second-order valence-electron chi connectivity index (χ2n) is 4.22. The van der Waals surface area contributed by atoms with Crippen molar-refractivity contribution in [3.8, 4) is 6.07 Å². The molecule has 0 saturated heterocycles. The molecule has 1 atom stereocenters. The fourth-order valence-electron chi connectivity index (χ4n) is 1.49. The van der Waals surface area contributed by atoms with Crippen LogP contribution in [0.15, 0.2) is 24.3 Å². The summed E-state index contributed by atoms with van der Waals surface area (Å²) in [4.78, 5) is 13.0. The van der Waals surface area contributed by atoms with Crippen LogP contribution in [0.2, 0.25) is 0 Å². The van der Waals surface area contributed by atoms with Gasteiger partial charge in [-0.05, 0) is 25.1 Å². The van der Waals surface area contributed by atoms with Gasteiger partial charge in [0.15, 0.2) is 0 Å². The van der Waals surface area contributed by atoms with Gasteiger partial charge in [0.25, 0.3) is 0 Å². The first-order valence-electron chi connectivity index (χ1n) is 5.72. The standard InChI is InChI=1S/C14H14F2N2O/c1-10(8-17)9-18(2)14(19)7-6-11-12(15)4-3-5-13(11)16/h3-7,10H,9H2,1-2H3/b7-6+/t10-/m1/s1. The lowest BCUT2D eigenvalue weighted by Crippen LogP contribution is -2.29. The molecule has 0 aliphatic carbocycles. The second kappa shape index (κ2) is 6.64. The van der Waals surface area contributed by atoms with Crippen molar-refractivity contribution in [3.05, 3.63) is 41.5 Å². The summed E-state index contributed by atoms with van der Waals surface area (Å²) < 4.78 is 26.6. The van der Waals surface area contributed by atoms with Gasteiger partial charge < -0.3 is 4.90 Å². The quantitative estimate of drug-likeness (QED) is 0.784. The van der Waals surface area contributed by atoms with Crippen molar-refractivity contribution >= 4 is 12.0 Å². The molecule has 100 valence electrons. The van der Waals surface area contributed by atoms with Crippen LogP contribution in [0.25, 0.3) is 6.08 Å². The minimum atomic E-state index is -0.725. The van der Waals surface area contributed by atoms with E-state index in [4.69, 9.17) is 5.26 Å². The number of hydrogen-bond acceptors (Lipinski definition) is 2. The van der Waals surface area contributed by atoms with Gasteiger partial charge in [0.05, 0.1) is 12.0 Å². The number of hydrogen-bond donors (Lipinski definition) is 0. The molecule has 0 aromatic heterocycles. The minimum absolute atomic E-state index is 0.252. The van der Waals surface area contributed by atoms with E-state index in [2.05, 4.69) is 0 Å². The molecule has 3 nitrogen and oxygen atoms in total. The largest absolute Gasteiger partial charge is 0.341 e. The Bertz CT molecular complexity index is 514. The molecule has 0 saturated carbocycles. The Morgan fingerprint density at radius 2 is 2.05 bits per heavy atom. The van der Waals surface area contributed by atoms with Crippen LogP contribution in [0.5, 0.6) is 0 Å². The summed E-state index contributed by atoms with van der Waals surface area (Å²) in [6, 6.07) is 5.50. The van der Waals surface area contributed by atoms with Crippen LogP contribution in [0.1, 0.15) is 12.5 Å². The summed E-state index contributed by atoms with van der Waals surface area (Å²) in [6.45, 7) is 1.95. The number of rotatable bonds is 4. The van der Waals surface area contributed by atoms with Gasteiger partial charge in [0, 0.05) is 25.2 Å². The van der Waals surface area contributed by atoms with Crippen molar-refractivity contribution in [2.45, 2.75) is 6.92 Å². The van der Waals surface area contributed by atoms with E-state index in [-0.39, 0.29) is 18.0 Å². The van der Waals surface area contributed by atoms with Crippen LogP contribution in [-0.2, 0) is 4.79 Å². The highest BCUT2D eigenvalue weighted by molar-refractivity contribution is 5.91. The fourth-order valence-corrected chi connectivity index (χ4v) is 1.49. The van der Waals surface area contributed by atoms with E-state index in [9.17, 15) is 13.6 Å². The lowest BCUT2D eigenvalue weighted by Gasteiger charge is -2.15. The number of likely N-dealkylation sites (N-methyl/N-ethyl adjacent to an activating group) is 1. The third-order valence-electron chi connectivity index (χ3n) is 2.54. The maximum Gasteiger partial charge on any atom is 0.246 e. The van der Waals surface area contributed by atoms with E-state index in [1.807, 2.05) is 6.07 Å². The van der Waals surface area contributed by atoms with Crippen molar-refractivity contribution < 1.29 is 13.6 Å². The third kappa shape index (κ3) is 4.18. The van der Waals surface area contributed by atoms with Gasteiger partial charge in [-0.25, -0.2) is 8.78 Å². The van der Waals surface area contributed by atoms with Crippen LogP contribution in [-0.4, -0.2) is 24.4 Å². The van der Waals surface area contributed by atoms with E-state index in [1.165, 1.54) is 18.0 Å². The van der Waals surface area contributed by atoms with E-state index in [1.54, 1.807) is 6.92 Å². The fraction of sp³-hybridized carbons (Fsp3) is 0.286. The third-order valence-corrected chi connectivity index (χ3v) is 2.54. The number of carbonyl (C=O) groups is 1. The zero-order valence-electron chi connectivity index (χ0n) is 10.7. The Morgan fingerprint density at radius 1 is 1.47 bits per heavy atom. The summed E-state index contributed by atoms with van der Waals surface area (Å²) in [5.74, 6) is -2.16.